The molecule has 0 spiro atoms. The second kappa shape index (κ2) is 4.95. The fourth-order valence-electron chi connectivity index (χ4n) is 3.41. The van der Waals surface area contributed by atoms with Crippen LogP contribution in [0.3, 0.4) is 0 Å². The molecule has 0 aliphatic carbocycles. The Hall–Kier alpha value is -2.62. The highest BCUT2D eigenvalue weighted by Crippen LogP contribution is 2.40. The molecule has 0 N–H and O–H groups in total. The number of fused-ring (bicyclic) bond motifs is 3. The van der Waals surface area contributed by atoms with Gasteiger partial charge in [0.25, 0.3) is 0 Å². The summed E-state index contributed by atoms with van der Waals surface area (Å²) in [5.41, 5.74) is 3.40. The molecule has 2 heterocycles. The van der Waals surface area contributed by atoms with Crippen molar-refractivity contribution in [2.45, 2.75) is 25.8 Å². The lowest BCUT2D eigenvalue weighted by molar-refractivity contribution is 0.349. The van der Waals surface area contributed by atoms with Crippen molar-refractivity contribution in [2.24, 2.45) is 0 Å². The highest BCUT2D eigenvalue weighted by atomic mass is 16.5. The minimum atomic E-state index is -0.0939. The van der Waals surface area contributed by atoms with E-state index < -0.39 is 0 Å². The summed E-state index contributed by atoms with van der Waals surface area (Å²) < 4.78 is 7.63. The van der Waals surface area contributed by atoms with E-state index in [4.69, 9.17) is 4.74 Å². The van der Waals surface area contributed by atoms with Crippen LogP contribution in [-0.2, 0) is 12.0 Å². The van der Waals surface area contributed by atoms with E-state index in [1.165, 1.54) is 5.56 Å². The van der Waals surface area contributed by atoms with Gasteiger partial charge in [0, 0.05) is 16.7 Å². The zero-order chi connectivity index (χ0) is 16.0. The zero-order valence-corrected chi connectivity index (χ0v) is 13.6. The third kappa shape index (κ3) is 2.13. The van der Waals surface area contributed by atoms with Crippen molar-refractivity contribution in [3.8, 4) is 28.5 Å². The fourth-order valence-corrected chi connectivity index (χ4v) is 3.41. The average Bonchev–Trinajstić information content (AvgIpc) is 3.01. The van der Waals surface area contributed by atoms with E-state index in [1.807, 2.05) is 24.3 Å². The monoisotopic (exact) mass is 305 g/mol. The molecular weight excluding hydrogens is 286 g/mol. The standard InChI is InChI=1S/C19H19N3O/c1-19(2)12-14-11-15(23-3)9-10-16(14)18-21-20-17(22(18)19)13-7-5-4-6-8-13/h4-11H,12H2,1-3H3. The zero-order valence-electron chi connectivity index (χ0n) is 13.6. The van der Waals surface area contributed by atoms with E-state index >= 15 is 0 Å². The van der Waals surface area contributed by atoms with Crippen LogP contribution in [0.4, 0.5) is 0 Å². The summed E-state index contributed by atoms with van der Waals surface area (Å²) in [6, 6.07) is 16.4. The lowest BCUT2D eigenvalue weighted by Crippen LogP contribution is -2.33. The molecule has 4 rings (SSSR count). The number of rotatable bonds is 2. The maximum atomic E-state index is 5.37. The van der Waals surface area contributed by atoms with Crippen LogP contribution in [0.1, 0.15) is 19.4 Å². The summed E-state index contributed by atoms with van der Waals surface area (Å²) in [5, 5.41) is 8.98. The summed E-state index contributed by atoms with van der Waals surface area (Å²) in [6.45, 7) is 4.46. The molecule has 116 valence electrons. The Bertz CT molecular complexity index is 866. The first-order chi connectivity index (χ1) is 11.1. The Morgan fingerprint density at radius 2 is 1.74 bits per heavy atom. The van der Waals surface area contributed by atoms with Crippen LogP contribution in [0.2, 0.25) is 0 Å². The maximum Gasteiger partial charge on any atom is 0.165 e. The normalized spacial score (nSPS) is 14.9. The molecule has 4 heteroatoms. The molecule has 3 aromatic rings. The summed E-state index contributed by atoms with van der Waals surface area (Å²) in [4.78, 5) is 0. The van der Waals surface area contributed by atoms with Gasteiger partial charge in [-0.25, -0.2) is 0 Å². The van der Waals surface area contributed by atoms with Crippen LogP contribution in [0.25, 0.3) is 22.8 Å². The van der Waals surface area contributed by atoms with Gasteiger partial charge in [-0.2, -0.15) is 0 Å². The minimum absolute atomic E-state index is 0.0939. The number of hydrogen-bond donors (Lipinski definition) is 0. The van der Waals surface area contributed by atoms with Gasteiger partial charge in [-0.05, 0) is 44.0 Å². The van der Waals surface area contributed by atoms with Crippen LogP contribution < -0.4 is 4.74 Å². The van der Waals surface area contributed by atoms with E-state index in [2.05, 4.69) is 52.9 Å². The van der Waals surface area contributed by atoms with Gasteiger partial charge in [-0.15, -0.1) is 10.2 Å². The Morgan fingerprint density at radius 1 is 1.00 bits per heavy atom. The van der Waals surface area contributed by atoms with Gasteiger partial charge >= 0.3 is 0 Å². The molecular formula is C19H19N3O. The number of nitrogens with zero attached hydrogens (tertiary/aromatic N) is 3. The number of aromatic nitrogens is 3. The molecule has 0 radical (unpaired) electrons. The quantitative estimate of drug-likeness (QED) is 0.720. The van der Waals surface area contributed by atoms with Gasteiger partial charge < -0.3 is 9.30 Å². The molecule has 2 aromatic carbocycles. The molecule has 0 saturated heterocycles. The Balaban J connectivity index is 1.95. The Morgan fingerprint density at radius 3 is 2.48 bits per heavy atom. The van der Waals surface area contributed by atoms with Crippen LogP contribution >= 0.6 is 0 Å². The van der Waals surface area contributed by atoms with Crippen LogP contribution in [0.5, 0.6) is 5.75 Å². The smallest absolute Gasteiger partial charge is 0.165 e. The predicted octanol–water partition coefficient (Wildman–Crippen LogP) is 3.91. The van der Waals surface area contributed by atoms with Crippen molar-refractivity contribution in [3.05, 3.63) is 54.1 Å². The molecule has 1 aliphatic heterocycles. The van der Waals surface area contributed by atoms with E-state index in [0.717, 1.165) is 34.9 Å². The number of methoxy groups -OCH3 is 1. The van der Waals surface area contributed by atoms with Crippen molar-refractivity contribution < 1.29 is 4.74 Å². The lowest BCUT2D eigenvalue weighted by atomic mass is 9.87. The van der Waals surface area contributed by atoms with Gasteiger partial charge in [0.15, 0.2) is 11.6 Å². The van der Waals surface area contributed by atoms with E-state index in [-0.39, 0.29) is 5.54 Å². The van der Waals surface area contributed by atoms with Crippen LogP contribution in [-0.4, -0.2) is 21.9 Å². The third-order valence-corrected chi connectivity index (χ3v) is 4.48. The molecule has 0 saturated carbocycles. The molecule has 4 nitrogen and oxygen atoms in total. The predicted molar refractivity (Wildman–Crippen MR) is 90.5 cm³/mol. The molecule has 0 unspecified atom stereocenters. The van der Waals surface area contributed by atoms with E-state index in [9.17, 15) is 0 Å². The minimum Gasteiger partial charge on any atom is -0.497 e. The van der Waals surface area contributed by atoms with Gasteiger partial charge in [-0.1, -0.05) is 30.3 Å². The maximum absolute atomic E-state index is 5.37. The average molecular weight is 305 g/mol. The van der Waals surface area contributed by atoms with Crippen LogP contribution in [0.15, 0.2) is 48.5 Å². The lowest BCUT2D eigenvalue weighted by Gasteiger charge is -2.34. The molecule has 23 heavy (non-hydrogen) atoms. The van der Waals surface area contributed by atoms with Crippen LogP contribution in [0, 0.1) is 0 Å². The largest absolute Gasteiger partial charge is 0.497 e. The van der Waals surface area contributed by atoms with Gasteiger partial charge in [0.2, 0.25) is 0 Å². The van der Waals surface area contributed by atoms with E-state index in [0.29, 0.717) is 0 Å². The van der Waals surface area contributed by atoms with Gasteiger partial charge in [0.1, 0.15) is 5.75 Å². The summed E-state index contributed by atoms with van der Waals surface area (Å²) in [7, 11) is 1.70. The van der Waals surface area contributed by atoms with Crippen molar-refractivity contribution in [2.75, 3.05) is 7.11 Å². The number of benzene rings is 2. The molecule has 0 amide bonds. The summed E-state index contributed by atoms with van der Waals surface area (Å²) in [5.74, 6) is 2.74. The van der Waals surface area contributed by atoms with Crippen molar-refractivity contribution in [1.29, 1.82) is 0 Å². The first-order valence-electron chi connectivity index (χ1n) is 7.79. The number of hydrogen-bond acceptors (Lipinski definition) is 3. The summed E-state index contributed by atoms with van der Waals surface area (Å²) in [6.07, 6.45) is 0.921. The second-order valence-electron chi connectivity index (χ2n) is 6.56. The molecule has 0 bridgehead atoms. The molecule has 0 atom stereocenters. The van der Waals surface area contributed by atoms with Gasteiger partial charge in [0.05, 0.1) is 7.11 Å². The third-order valence-electron chi connectivity index (χ3n) is 4.48. The van der Waals surface area contributed by atoms with Crippen molar-refractivity contribution in [3.63, 3.8) is 0 Å². The second-order valence-corrected chi connectivity index (χ2v) is 6.56. The molecule has 0 fully saturated rings. The molecule has 1 aliphatic rings. The highest BCUT2D eigenvalue weighted by Gasteiger charge is 2.34. The highest BCUT2D eigenvalue weighted by molar-refractivity contribution is 5.69. The van der Waals surface area contributed by atoms with E-state index in [1.54, 1.807) is 7.11 Å². The van der Waals surface area contributed by atoms with Gasteiger partial charge in [-0.3, -0.25) is 0 Å². The Labute approximate surface area is 135 Å². The SMILES string of the molecule is COc1ccc2c(c1)CC(C)(C)n1c(-c3ccccc3)nnc1-2. The first-order valence-corrected chi connectivity index (χ1v) is 7.79. The van der Waals surface area contributed by atoms with Crippen molar-refractivity contribution >= 4 is 0 Å². The fraction of sp³-hybridized carbons (Fsp3) is 0.263. The number of ether oxygens (including phenoxy) is 1. The summed E-state index contributed by atoms with van der Waals surface area (Å²) >= 11 is 0. The Kier molecular flexibility index (Phi) is 3.01. The van der Waals surface area contributed by atoms with Crippen molar-refractivity contribution in [1.82, 2.24) is 14.8 Å². The first kappa shape index (κ1) is 14.0. The molecule has 1 aromatic heterocycles. The topological polar surface area (TPSA) is 39.9 Å².